The summed E-state index contributed by atoms with van der Waals surface area (Å²) in [6.45, 7) is 6.97. The summed E-state index contributed by atoms with van der Waals surface area (Å²) < 4.78 is 10.9. The first kappa shape index (κ1) is 20.5. The summed E-state index contributed by atoms with van der Waals surface area (Å²) in [5, 5.41) is 17.0. The van der Waals surface area contributed by atoms with Crippen molar-refractivity contribution in [2.45, 2.75) is 51.7 Å². The average Bonchev–Trinajstić information content (AvgIpc) is 3.06. The van der Waals surface area contributed by atoms with Crippen molar-refractivity contribution in [1.29, 1.82) is 0 Å². The fourth-order valence-corrected chi connectivity index (χ4v) is 3.13. The van der Waals surface area contributed by atoms with Crippen molar-refractivity contribution in [3.05, 3.63) is 29.3 Å². The topological polar surface area (TPSA) is 75.1 Å². The van der Waals surface area contributed by atoms with Gasteiger partial charge in [0, 0.05) is 25.8 Å². The second kappa shape index (κ2) is 10.4. The molecular weight excluding hydrogens is 330 g/mol. The molecule has 0 unspecified atom stereocenters. The normalized spacial score (nSPS) is 16.5. The summed E-state index contributed by atoms with van der Waals surface area (Å²) in [5.41, 5.74) is 1.58. The summed E-state index contributed by atoms with van der Waals surface area (Å²) in [5.74, 6) is 1.56. The largest absolute Gasteiger partial charge is 0.491 e. The molecule has 1 aliphatic carbocycles. The third kappa shape index (κ3) is 6.50. The molecule has 6 nitrogen and oxygen atoms in total. The van der Waals surface area contributed by atoms with Gasteiger partial charge in [-0.05, 0) is 38.3 Å². The molecule has 6 heteroatoms. The van der Waals surface area contributed by atoms with E-state index in [1.807, 2.05) is 19.9 Å². The number of guanidine groups is 1. The molecule has 2 rings (SSSR count). The fraction of sp³-hybridized carbons (Fsp3) is 0.650. The minimum absolute atomic E-state index is 0.510. The van der Waals surface area contributed by atoms with E-state index in [9.17, 15) is 5.11 Å². The number of hydrogen-bond donors (Lipinski definition) is 3. The van der Waals surface area contributed by atoms with Gasteiger partial charge in [-0.25, -0.2) is 4.99 Å². The van der Waals surface area contributed by atoms with Crippen LogP contribution in [0.5, 0.6) is 5.75 Å². The van der Waals surface area contributed by atoms with E-state index < -0.39 is 5.60 Å². The maximum Gasteiger partial charge on any atom is 0.191 e. The molecule has 0 aromatic heterocycles. The van der Waals surface area contributed by atoms with Crippen LogP contribution in [0.1, 0.15) is 43.7 Å². The van der Waals surface area contributed by atoms with Crippen molar-refractivity contribution >= 4 is 5.96 Å². The number of nitrogens with zero attached hydrogens (tertiary/aromatic N) is 1. The minimum Gasteiger partial charge on any atom is -0.491 e. The van der Waals surface area contributed by atoms with E-state index in [-0.39, 0.29) is 0 Å². The molecular formula is C20H33N3O3. The Labute approximate surface area is 157 Å². The van der Waals surface area contributed by atoms with Crippen LogP contribution in [0, 0.1) is 6.92 Å². The molecule has 1 fully saturated rings. The van der Waals surface area contributed by atoms with Crippen LogP contribution in [0.3, 0.4) is 0 Å². The average molecular weight is 364 g/mol. The number of rotatable bonds is 9. The minimum atomic E-state index is -0.603. The number of ether oxygens (including phenoxy) is 2. The summed E-state index contributed by atoms with van der Waals surface area (Å²) in [6.07, 6.45) is 3.90. The van der Waals surface area contributed by atoms with E-state index in [4.69, 9.17) is 9.47 Å². The van der Waals surface area contributed by atoms with Gasteiger partial charge in [0.05, 0.1) is 18.8 Å². The fourth-order valence-electron chi connectivity index (χ4n) is 3.13. The van der Waals surface area contributed by atoms with E-state index in [1.54, 1.807) is 7.11 Å². The van der Waals surface area contributed by atoms with E-state index in [0.29, 0.717) is 26.3 Å². The zero-order chi connectivity index (χ0) is 18.8. The highest BCUT2D eigenvalue weighted by atomic mass is 16.5. The van der Waals surface area contributed by atoms with Gasteiger partial charge in [0.15, 0.2) is 5.96 Å². The Hall–Kier alpha value is -1.79. The number of nitrogens with one attached hydrogen (secondary N) is 2. The van der Waals surface area contributed by atoms with Gasteiger partial charge in [0.25, 0.3) is 0 Å². The van der Waals surface area contributed by atoms with Crippen molar-refractivity contribution in [3.63, 3.8) is 0 Å². The Morgan fingerprint density at radius 2 is 2.00 bits per heavy atom. The highest BCUT2D eigenvalue weighted by Crippen LogP contribution is 2.28. The lowest BCUT2D eigenvalue weighted by molar-refractivity contribution is 0.0522. The quantitative estimate of drug-likeness (QED) is 0.357. The Kier molecular flexibility index (Phi) is 8.19. The van der Waals surface area contributed by atoms with E-state index in [0.717, 1.165) is 55.1 Å². The van der Waals surface area contributed by atoms with Crippen LogP contribution in [-0.4, -0.2) is 50.1 Å². The highest BCUT2D eigenvalue weighted by Gasteiger charge is 2.30. The van der Waals surface area contributed by atoms with Crippen molar-refractivity contribution in [3.8, 4) is 5.75 Å². The lowest BCUT2D eigenvalue weighted by Gasteiger charge is -2.23. The summed E-state index contributed by atoms with van der Waals surface area (Å²) >= 11 is 0. The molecule has 1 saturated carbocycles. The SMILES string of the molecule is CCNC(=NCc1ccc(C)cc1OCCOC)NCC1(O)CCCC1. The van der Waals surface area contributed by atoms with Gasteiger partial charge in [0.2, 0.25) is 0 Å². The second-order valence-electron chi connectivity index (χ2n) is 6.93. The van der Waals surface area contributed by atoms with Gasteiger partial charge in [0.1, 0.15) is 12.4 Å². The van der Waals surface area contributed by atoms with Crippen molar-refractivity contribution < 1.29 is 14.6 Å². The number of aryl methyl sites for hydroxylation is 1. The lowest BCUT2D eigenvalue weighted by atomic mass is 10.0. The summed E-state index contributed by atoms with van der Waals surface area (Å²) in [4.78, 5) is 4.67. The maximum absolute atomic E-state index is 10.5. The van der Waals surface area contributed by atoms with E-state index in [2.05, 4.69) is 27.8 Å². The predicted molar refractivity (Wildman–Crippen MR) is 105 cm³/mol. The van der Waals surface area contributed by atoms with Gasteiger partial charge in [-0.2, -0.15) is 0 Å². The Balaban J connectivity index is 2.01. The molecule has 0 amide bonds. The Morgan fingerprint density at radius 3 is 2.69 bits per heavy atom. The van der Waals surface area contributed by atoms with Gasteiger partial charge >= 0.3 is 0 Å². The number of hydrogen-bond acceptors (Lipinski definition) is 4. The number of methoxy groups -OCH3 is 1. The maximum atomic E-state index is 10.5. The van der Waals surface area contributed by atoms with Gasteiger partial charge < -0.3 is 25.2 Å². The van der Waals surface area contributed by atoms with Crippen LogP contribution in [0.2, 0.25) is 0 Å². The molecule has 1 aromatic carbocycles. The number of aliphatic imine (C=N–C) groups is 1. The number of aliphatic hydroxyl groups is 1. The van der Waals surface area contributed by atoms with Crippen LogP contribution in [0.15, 0.2) is 23.2 Å². The molecule has 3 N–H and O–H groups in total. The van der Waals surface area contributed by atoms with Gasteiger partial charge in [-0.15, -0.1) is 0 Å². The first-order valence-electron chi connectivity index (χ1n) is 9.52. The van der Waals surface area contributed by atoms with Gasteiger partial charge in [-0.3, -0.25) is 0 Å². The summed E-state index contributed by atoms with van der Waals surface area (Å²) in [7, 11) is 1.66. The number of benzene rings is 1. The molecule has 0 bridgehead atoms. The second-order valence-corrected chi connectivity index (χ2v) is 6.93. The van der Waals surface area contributed by atoms with Crippen LogP contribution in [0.25, 0.3) is 0 Å². The van der Waals surface area contributed by atoms with Crippen LogP contribution in [-0.2, 0) is 11.3 Å². The van der Waals surface area contributed by atoms with Crippen LogP contribution in [0.4, 0.5) is 0 Å². The Morgan fingerprint density at radius 1 is 1.23 bits per heavy atom. The molecule has 146 valence electrons. The first-order valence-corrected chi connectivity index (χ1v) is 9.52. The third-order valence-electron chi connectivity index (χ3n) is 4.64. The summed E-state index contributed by atoms with van der Waals surface area (Å²) in [6, 6.07) is 6.15. The standard InChI is InChI=1S/C20H33N3O3/c1-4-21-19(23-15-20(24)9-5-6-10-20)22-14-17-8-7-16(2)13-18(17)26-12-11-25-3/h7-8,13,24H,4-6,9-12,14-15H2,1-3H3,(H2,21,22,23). The molecule has 0 atom stereocenters. The molecule has 0 radical (unpaired) electrons. The Bertz CT molecular complexity index is 584. The lowest BCUT2D eigenvalue weighted by Crippen LogP contribution is -2.46. The molecule has 0 spiro atoms. The smallest absolute Gasteiger partial charge is 0.191 e. The molecule has 0 heterocycles. The van der Waals surface area contributed by atoms with Gasteiger partial charge in [-0.1, -0.05) is 25.0 Å². The van der Waals surface area contributed by atoms with Crippen molar-refractivity contribution in [2.24, 2.45) is 4.99 Å². The zero-order valence-corrected chi connectivity index (χ0v) is 16.3. The van der Waals surface area contributed by atoms with E-state index >= 15 is 0 Å². The third-order valence-corrected chi connectivity index (χ3v) is 4.64. The van der Waals surface area contributed by atoms with Crippen LogP contribution < -0.4 is 15.4 Å². The molecule has 26 heavy (non-hydrogen) atoms. The molecule has 0 saturated heterocycles. The predicted octanol–water partition coefficient (Wildman–Crippen LogP) is 2.38. The monoisotopic (exact) mass is 363 g/mol. The molecule has 1 aliphatic rings. The van der Waals surface area contributed by atoms with E-state index in [1.165, 1.54) is 0 Å². The van der Waals surface area contributed by atoms with Crippen LogP contribution >= 0.6 is 0 Å². The highest BCUT2D eigenvalue weighted by molar-refractivity contribution is 5.79. The van der Waals surface area contributed by atoms with Crippen molar-refractivity contribution in [2.75, 3.05) is 33.4 Å². The molecule has 0 aliphatic heterocycles. The zero-order valence-electron chi connectivity index (χ0n) is 16.3. The van der Waals surface area contributed by atoms with Crippen molar-refractivity contribution in [1.82, 2.24) is 10.6 Å². The molecule has 1 aromatic rings. The first-order chi connectivity index (χ1) is 12.6.